The van der Waals surface area contributed by atoms with E-state index in [4.69, 9.17) is 0 Å². The van der Waals surface area contributed by atoms with Crippen molar-refractivity contribution in [3.8, 4) is 0 Å². The van der Waals surface area contributed by atoms with Crippen molar-refractivity contribution < 1.29 is 8.42 Å². The summed E-state index contributed by atoms with van der Waals surface area (Å²) < 4.78 is 24.5. The number of anilines is 1. The fourth-order valence-electron chi connectivity index (χ4n) is 0.667. The molecule has 0 atom stereocenters. The number of sulfonamides is 1. The van der Waals surface area contributed by atoms with Gasteiger partial charge in [0.05, 0.1) is 16.4 Å². The van der Waals surface area contributed by atoms with Gasteiger partial charge in [-0.05, 0) is 22.9 Å². The number of nitrogens with zero attached hydrogens (tertiary/aromatic N) is 2. The molecule has 73 valence electrons. The van der Waals surface area contributed by atoms with Gasteiger partial charge in [-0.2, -0.15) is 0 Å². The number of hydrogen-bond donors (Lipinski definition) is 1. The molecular formula is C6H8BrKN3O2S. The number of nitrogens with one attached hydrogen (secondary N) is 1. The third-order valence-corrected chi connectivity index (χ3v) is 2.53. The Morgan fingerprint density at radius 1 is 1.50 bits per heavy atom. The molecule has 0 fully saturated rings. The summed E-state index contributed by atoms with van der Waals surface area (Å²) in [6, 6.07) is 0. The molecule has 1 aromatic rings. The molecule has 8 heteroatoms. The van der Waals surface area contributed by atoms with Crippen LogP contribution in [0.3, 0.4) is 0 Å². The first kappa shape index (κ1) is 14.9. The van der Waals surface area contributed by atoms with Gasteiger partial charge in [-0.3, -0.25) is 4.72 Å². The fraction of sp³-hybridized carbons (Fsp3) is 0.333. The van der Waals surface area contributed by atoms with Crippen LogP contribution in [0.15, 0.2) is 10.7 Å². The zero-order valence-corrected chi connectivity index (χ0v) is 13.6. The zero-order valence-electron chi connectivity index (χ0n) is 8.07. The van der Waals surface area contributed by atoms with E-state index in [9.17, 15) is 8.42 Å². The molecule has 0 bridgehead atoms. The van der Waals surface area contributed by atoms with E-state index in [2.05, 4.69) is 30.6 Å². The molecule has 0 amide bonds. The molecule has 1 aromatic heterocycles. The topological polar surface area (TPSA) is 72.0 Å². The van der Waals surface area contributed by atoms with Crippen LogP contribution in [0.4, 0.5) is 5.95 Å². The van der Waals surface area contributed by atoms with Crippen LogP contribution < -0.4 is 4.72 Å². The molecular weight excluding hydrogens is 297 g/mol. The van der Waals surface area contributed by atoms with Crippen molar-refractivity contribution in [1.82, 2.24) is 9.97 Å². The van der Waals surface area contributed by atoms with Crippen LogP contribution in [-0.2, 0) is 10.0 Å². The number of halogens is 1. The second-order valence-corrected chi connectivity index (χ2v) is 5.10. The molecule has 5 nitrogen and oxygen atoms in total. The minimum atomic E-state index is -3.30. The van der Waals surface area contributed by atoms with E-state index in [0.29, 0.717) is 5.69 Å². The summed E-state index contributed by atoms with van der Waals surface area (Å²) in [5.41, 5.74) is 0.682. The van der Waals surface area contributed by atoms with E-state index in [1.54, 1.807) is 6.92 Å². The van der Waals surface area contributed by atoms with Gasteiger partial charge in [-0.25, -0.2) is 18.4 Å². The maximum absolute atomic E-state index is 10.8. The van der Waals surface area contributed by atoms with Crippen molar-refractivity contribution in [2.75, 3.05) is 11.0 Å². The number of aryl methyl sites for hydroxylation is 1. The Labute approximate surface area is 134 Å². The van der Waals surface area contributed by atoms with Gasteiger partial charge in [-0.15, -0.1) is 0 Å². The van der Waals surface area contributed by atoms with Crippen molar-refractivity contribution in [3.63, 3.8) is 0 Å². The van der Waals surface area contributed by atoms with Gasteiger partial charge in [0.1, 0.15) is 0 Å². The van der Waals surface area contributed by atoms with E-state index in [-0.39, 0.29) is 57.3 Å². The molecule has 0 spiro atoms. The van der Waals surface area contributed by atoms with E-state index in [1.807, 2.05) is 0 Å². The molecule has 0 aliphatic carbocycles. The maximum Gasteiger partial charge on any atom is 0.236 e. The summed E-state index contributed by atoms with van der Waals surface area (Å²) in [4.78, 5) is 7.69. The Bertz CT molecular complexity index is 423. The quantitative estimate of drug-likeness (QED) is 0.810. The summed E-state index contributed by atoms with van der Waals surface area (Å²) in [7, 11) is -3.30. The molecule has 1 heterocycles. The molecule has 0 aliphatic heterocycles. The van der Waals surface area contributed by atoms with Crippen LogP contribution in [0.2, 0.25) is 0 Å². The predicted octanol–water partition coefficient (Wildman–Crippen LogP) is 0.538. The van der Waals surface area contributed by atoms with Gasteiger partial charge in [0, 0.05) is 57.6 Å². The molecule has 0 aliphatic rings. The van der Waals surface area contributed by atoms with Gasteiger partial charge in [0.25, 0.3) is 0 Å². The monoisotopic (exact) mass is 304 g/mol. The fourth-order valence-corrected chi connectivity index (χ4v) is 1.29. The molecule has 1 rings (SSSR count). The first-order valence-electron chi connectivity index (χ1n) is 3.35. The minimum Gasteiger partial charge on any atom is -0.251 e. The van der Waals surface area contributed by atoms with Crippen LogP contribution in [-0.4, -0.2) is 76.0 Å². The Balaban J connectivity index is 0.00000169. The van der Waals surface area contributed by atoms with E-state index < -0.39 is 10.0 Å². The molecule has 1 radical (unpaired) electrons. The van der Waals surface area contributed by atoms with Crippen LogP contribution in [0.1, 0.15) is 5.69 Å². The normalized spacial score (nSPS) is 10.5. The average Bonchev–Trinajstić information content (AvgIpc) is 1.94. The van der Waals surface area contributed by atoms with Crippen molar-refractivity contribution in [1.29, 1.82) is 0 Å². The van der Waals surface area contributed by atoms with Gasteiger partial charge in [-0.1, -0.05) is 0 Å². The summed E-state index contributed by atoms with van der Waals surface area (Å²) in [5.74, 6) is 0.0863. The molecule has 14 heavy (non-hydrogen) atoms. The summed E-state index contributed by atoms with van der Waals surface area (Å²) >= 11 is 3.21. The number of aromatic nitrogens is 2. The van der Waals surface area contributed by atoms with Gasteiger partial charge >= 0.3 is 0 Å². The third kappa shape index (κ3) is 5.15. The smallest absolute Gasteiger partial charge is 0.236 e. The molecule has 0 unspecified atom stereocenters. The summed E-state index contributed by atoms with van der Waals surface area (Å²) in [6.45, 7) is 1.75. The van der Waals surface area contributed by atoms with Crippen LogP contribution in [0, 0.1) is 6.92 Å². The first-order chi connectivity index (χ1) is 5.88. The van der Waals surface area contributed by atoms with E-state index in [0.717, 1.165) is 10.7 Å². The Kier molecular flexibility index (Phi) is 6.27. The summed E-state index contributed by atoms with van der Waals surface area (Å²) in [6.07, 6.45) is 2.55. The standard InChI is InChI=1S/C6H8BrN3O2S.K/c1-4-5(7)3-8-6(9-4)10-13(2,11)12;/h3H,1-2H3,(H,8,9,10);. The largest absolute Gasteiger partial charge is 0.251 e. The third-order valence-electron chi connectivity index (χ3n) is 1.20. The van der Waals surface area contributed by atoms with Gasteiger partial charge in [0.2, 0.25) is 16.0 Å². The molecule has 1 N–H and O–H groups in total. The summed E-state index contributed by atoms with van der Waals surface area (Å²) in [5, 5.41) is 0. The predicted molar refractivity (Wildman–Crippen MR) is 58.7 cm³/mol. The van der Waals surface area contributed by atoms with Crippen LogP contribution in [0.5, 0.6) is 0 Å². The van der Waals surface area contributed by atoms with E-state index in [1.165, 1.54) is 6.20 Å². The van der Waals surface area contributed by atoms with Crippen molar-refractivity contribution in [3.05, 3.63) is 16.4 Å². The average molecular weight is 305 g/mol. The Hall–Kier alpha value is 0.946. The van der Waals surface area contributed by atoms with Crippen LogP contribution in [0.25, 0.3) is 0 Å². The Morgan fingerprint density at radius 2 is 2.07 bits per heavy atom. The van der Waals surface area contributed by atoms with Gasteiger partial charge < -0.3 is 0 Å². The van der Waals surface area contributed by atoms with Crippen molar-refractivity contribution in [2.45, 2.75) is 6.92 Å². The second-order valence-electron chi connectivity index (χ2n) is 2.50. The number of rotatable bonds is 2. The molecule has 0 aromatic carbocycles. The van der Waals surface area contributed by atoms with Gasteiger partial charge in [0.15, 0.2) is 0 Å². The van der Waals surface area contributed by atoms with E-state index >= 15 is 0 Å². The van der Waals surface area contributed by atoms with Crippen molar-refractivity contribution in [2.24, 2.45) is 0 Å². The molecule has 0 saturated carbocycles. The zero-order chi connectivity index (χ0) is 10.1. The molecule has 0 saturated heterocycles. The number of hydrogen-bond acceptors (Lipinski definition) is 4. The Morgan fingerprint density at radius 3 is 2.50 bits per heavy atom. The first-order valence-corrected chi connectivity index (χ1v) is 6.04. The SMILES string of the molecule is Cc1nc(NS(C)(=O)=O)ncc1Br.[K]. The van der Waals surface area contributed by atoms with Crippen LogP contribution >= 0.6 is 15.9 Å². The second kappa shape index (κ2) is 5.88. The maximum atomic E-state index is 10.8. The minimum absolute atomic E-state index is 0. The van der Waals surface area contributed by atoms with Crippen molar-refractivity contribution >= 4 is 83.3 Å².